The van der Waals surface area contributed by atoms with Gasteiger partial charge in [-0.2, -0.15) is 0 Å². The Hall–Kier alpha value is -1.11. The normalized spacial score (nSPS) is 20.1. The lowest BCUT2D eigenvalue weighted by atomic mass is 9.80. The number of rotatable bonds is 5. The highest BCUT2D eigenvalue weighted by Gasteiger charge is 2.51. The molecule has 0 amide bonds. The first-order valence-electron chi connectivity index (χ1n) is 6.89. The second kappa shape index (κ2) is 5.72. The molecule has 5 nitrogen and oxygen atoms in total. The molecule has 1 aromatic rings. The van der Waals surface area contributed by atoms with Gasteiger partial charge < -0.3 is 19.4 Å². The van der Waals surface area contributed by atoms with Crippen molar-refractivity contribution in [2.24, 2.45) is 0 Å². The molecule has 0 radical (unpaired) electrons. The van der Waals surface area contributed by atoms with Crippen LogP contribution in [0.1, 0.15) is 27.7 Å². The molecule has 2 rings (SSSR count). The van der Waals surface area contributed by atoms with Crippen LogP contribution in [0.4, 0.5) is 5.69 Å². The molecule has 1 N–H and O–H groups in total. The van der Waals surface area contributed by atoms with Crippen LogP contribution in [0.25, 0.3) is 0 Å². The number of methoxy groups -OCH3 is 1. The van der Waals surface area contributed by atoms with E-state index in [2.05, 4.69) is 10.3 Å². The maximum Gasteiger partial charge on any atom is 0.496 e. The van der Waals surface area contributed by atoms with Crippen molar-refractivity contribution < 1.29 is 14.0 Å². The summed E-state index contributed by atoms with van der Waals surface area (Å²) >= 11 is 0. The van der Waals surface area contributed by atoms with Crippen LogP contribution in [0, 0.1) is 0 Å². The predicted molar refractivity (Wildman–Crippen MR) is 80.3 cm³/mol. The van der Waals surface area contributed by atoms with E-state index in [4.69, 9.17) is 14.0 Å². The lowest BCUT2D eigenvalue weighted by Gasteiger charge is -2.32. The molecule has 1 fully saturated rings. The summed E-state index contributed by atoms with van der Waals surface area (Å²) in [6, 6.07) is 2.00. The molecule has 20 heavy (non-hydrogen) atoms. The summed E-state index contributed by atoms with van der Waals surface area (Å²) in [5.41, 5.74) is 1.19. The molecular weight excluding hydrogens is 255 g/mol. The predicted octanol–water partition coefficient (Wildman–Crippen LogP) is 1.44. The Bertz CT molecular complexity index is 449. The van der Waals surface area contributed by atoms with Crippen molar-refractivity contribution in [2.45, 2.75) is 38.9 Å². The van der Waals surface area contributed by atoms with Crippen molar-refractivity contribution in [1.29, 1.82) is 0 Å². The Morgan fingerprint density at radius 2 is 1.85 bits per heavy atom. The van der Waals surface area contributed by atoms with Crippen molar-refractivity contribution in [3.8, 4) is 0 Å². The van der Waals surface area contributed by atoms with Gasteiger partial charge in [-0.3, -0.25) is 4.98 Å². The zero-order valence-corrected chi connectivity index (χ0v) is 12.9. The zero-order valence-electron chi connectivity index (χ0n) is 12.9. The van der Waals surface area contributed by atoms with Crippen LogP contribution < -0.4 is 10.8 Å². The lowest BCUT2D eigenvalue weighted by Crippen LogP contribution is -2.41. The third-order valence-corrected chi connectivity index (χ3v) is 3.92. The number of hydrogen-bond acceptors (Lipinski definition) is 5. The molecule has 1 aliphatic heterocycles. The van der Waals surface area contributed by atoms with Gasteiger partial charge in [0, 0.05) is 31.5 Å². The standard InChI is InChI=1S/C14H23BN2O3/c1-13(2)14(3,4)20-15(19-13)11-8-12(10-16-9-11)17-6-7-18-5/h8-10,17H,6-7H2,1-5H3. The Morgan fingerprint density at radius 1 is 1.20 bits per heavy atom. The number of ether oxygens (including phenoxy) is 1. The molecule has 2 heterocycles. The van der Waals surface area contributed by atoms with E-state index >= 15 is 0 Å². The van der Waals surface area contributed by atoms with E-state index in [0.29, 0.717) is 6.61 Å². The van der Waals surface area contributed by atoms with E-state index in [-0.39, 0.29) is 18.3 Å². The van der Waals surface area contributed by atoms with Crippen molar-refractivity contribution >= 4 is 18.3 Å². The summed E-state index contributed by atoms with van der Waals surface area (Å²) in [4.78, 5) is 4.24. The van der Waals surface area contributed by atoms with Gasteiger partial charge in [0.15, 0.2) is 0 Å². The first-order chi connectivity index (χ1) is 9.36. The van der Waals surface area contributed by atoms with Crippen molar-refractivity contribution in [2.75, 3.05) is 25.6 Å². The minimum Gasteiger partial charge on any atom is -0.399 e. The fourth-order valence-electron chi connectivity index (χ4n) is 1.96. The summed E-state index contributed by atoms with van der Waals surface area (Å²) < 4.78 is 17.0. The zero-order chi connectivity index (χ0) is 14.8. The second-order valence-corrected chi connectivity index (χ2v) is 6.01. The van der Waals surface area contributed by atoms with Gasteiger partial charge in [0.05, 0.1) is 23.5 Å². The first-order valence-corrected chi connectivity index (χ1v) is 6.89. The molecule has 1 aromatic heterocycles. The topological polar surface area (TPSA) is 52.6 Å². The molecule has 0 atom stereocenters. The Morgan fingerprint density at radius 3 is 2.45 bits per heavy atom. The van der Waals surface area contributed by atoms with Gasteiger partial charge in [-0.25, -0.2) is 0 Å². The van der Waals surface area contributed by atoms with Crippen LogP contribution in [-0.2, 0) is 14.0 Å². The molecule has 110 valence electrons. The Kier molecular flexibility index (Phi) is 4.37. The van der Waals surface area contributed by atoms with Crippen LogP contribution in [0.5, 0.6) is 0 Å². The molecule has 1 saturated heterocycles. The summed E-state index contributed by atoms with van der Waals surface area (Å²) in [5.74, 6) is 0. The van der Waals surface area contributed by atoms with E-state index < -0.39 is 0 Å². The van der Waals surface area contributed by atoms with Gasteiger partial charge in [0.25, 0.3) is 0 Å². The van der Waals surface area contributed by atoms with Crippen LogP contribution >= 0.6 is 0 Å². The lowest BCUT2D eigenvalue weighted by molar-refractivity contribution is 0.00578. The molecular formula is C14H23BN2O3. The average molecular weight is 278 g/mol. The summed E-state index contributed by atoms with van der Waals surface area (Å²) in [6.07, 6.45) is 3.56. The number of pyridine rings is 1. The molecule has 0 aromatic carbocycles. The highest BCUT2D eigenvalue weighted by Crippen LogP contribution is 2.36. The average Bonchev–Trinajstić information content (AvgIpc) is 2.59. The number of hydrogen-bond donors (Lipinski definition) is 1. The fraction of sp³-hybridized carbons (Fsp3) is 0.643. The smallest absolute Gasteiger partial charge is 0.399 e. The molecule has 0 bridgehead atoms. The molecule has 0 saturated carbocycles. The van der Waals surface area contributed by atoms with Crippen LogP contribution in [0.2, 0.25) is 0 Å². The molecule has 1 aliphatic rings. The minimum absolute atomic E-state index is 0.336. The SMILES string of the molecule is COCCNc1cncc(B2OC(C)(C)C(C)(C)O2)c1. The summed E-state index contributed by atoms with van der Waals surface area (Å²) in [7, 11) is 1.30. The van der Waals surface area contributed by atoms with E-state index in [1.165, 1.54) is 0 Å². The summed E-state index contributed by atoms with van der Waals surface area (Å²) in [5, 5.41) is 3.25. The van der Waals surface area contributed by atoms with Crippen molar-refractivity contribution in [3.05, 3.63) is 18.5 Å². The molecule has 0 unspecified atom stereocenters. The number of aromatic nitrogens is 1. The van der Waals surface area contributed by atoms with Crippen molar-refractivity contribution in [1.82, 2.24) is 4.98 Å². The van der Waals surface area contributed by atoms with Gasteiger partial charge in [0.1, 0.15) is 0 Å². The molecule has 0 spiro atoms. The monoisotopic (exact) mass is 278 g/mol. The Labute approximate surface area is 121 Å². The van der Waals surface area contributed by atoms with E-state index in [9.17, 15) is 0 Å². The van der Waals surface area contributed by atoms with E-state index in [1.54, 1.807) is 19.5 Å². The quantitative estimate of drug-likeness (QED) is 0.652. The molecule has 0 aliphatic carbocycles. The number of nitrogens with one attached hydrogen (secondary N) is 1. The van der Waals surface area contributed by atoms with Gasteiger partial charge in [-0.1, -0.05) is 0 Å². The van der Waals surface area contributed by atoms with Gasteiger partial charge >= 0.3 is 7.12 Å². The van der Waals surface area contributed by atoms with Crippen molar-refractivity contribution in [3.63, 3.8) is 0 Å². The largest absolute Gasteiger partial charge is 0.496 e. The summed E-state index contributed by atoms with van der Waals surface area (Å²) in [6.45, 7) is 9.57. The fourth-order valence-corrected chi connectivity index (χ4v) is 1.96. The van der Waals surface area contributed by atoms with Gasteiger partial charge in [-0.15, -0.1) is 0 Å². The first kappa shape index (κ1) is 15.3. The van der Waals surface area contributed by atoms with Crippen LogP contribution in [0.15, 0.2) is 18.5 Å². The maximum absolute atomic E-state index is 6.02. The highest BCUT2D eigenvalue weighted by atomic mass is 16.7. The van der Waals surface area contributed by atoms with Crippen LogP contribution in [-0.4, -0.2) is 43.6 Å². The molecule has 6 heteroatoms. The second-order valence-electron chi connectivity index (χ2n) is 6.01. The number of anilines is 1. The van der Waals surface area contributed by atoms with Crippen LogP contribution in [0.3, 0.4) is 0 Å². The van der Waals surface area contributed by atoms with E-state index in [0.717, 1.165) is 17.7 Å². The highest BCUT2D eigenvalue weighted by molar-refractivity contribution is 6.62. The van der Waals surface area contributed by atoms with Gasteiger partial charge in [-0.05, 0) is 33.8 Å². The minimum atomic E-state index is -0.378. The number of nitrogens with zero attached hydrogens (tertiary/aromatic N) is 1. The maximum atomic E-state index is 6.02. The Balaban J connectivity index is 2.09. The van der Waals surface area contributed by atoms with E-state index in [1.807, 2.05) is 33.8 Å². The van der Waals surface area contributed by atoms with Gasteiger partial charge in [0.2, 0.25) is 0 Å². The third-order valence-electron chi connectivity index (χ3n) is 3.92. The third kappa shape index (κ3) is 3.14.